The summed E-state index contributed by atoms with van der Waals surface area (Å²) < 4.78 is 5.15. The van der Waals surface area contributed by atoms with Crippen LogP contribution in [0.5, 0.6) is 5.75 Å². The van der Waals surface area contributed by atoms with Crippen molar-refractivity contribution in [3.63, 3.8) is 0 Å². The van der Waals surface area contributed by atoms with E-state index in [1.807, 2.05) is 31.2 Å². The second-order valence-electron chi connectivity index (χ2n) is 5.53. The van der Waals surface area contributed by atoms with Crippen LogP contribution in [-0.4, -0.2) is 18.6 Å². The number of hydrogen-bond donors (Lipinski definition) is 2. The number of rotatable bonds is 3. The van der Waals surface area contributed by atoms with Gasteiger partial charge in [-0.05, 0) is 31.9 Å². The molecule has 0 bridgehead atoms. The second kappa shape index (κ2) is 5.61. The molecule has 0 saturated heterocycles. The maximum atomic E-state index is 12.4. The number of carbonyl (C=O) groups is 1. The van der Waals surface area contributed by atoms with Gasteiger partial charge in [-0.25, -0.2) is 0 Å². The highest BCUT2D eigenvalue weighted by molar-refractivity contribution is 5.93. The van der Waals surface area contributed by atoms with Crippen LogP contribution in [-0.2, 0) is 4.79 Å². The molecular weight excluding hydrogens is 240 g/mol. The number of carbonyl (C=O) groups excluding carboxylic acids is 1. The zero-order valence-electron chi connectivity index (χ0n) is 11.6. The fraction of sp³-hybridized carbons (Fsp3) is 0.533. The van der Waals surface area contributed by atoms with Crippen LogP contribution in [0.15, 0.2) is 24.3 Å². The Bertz CT molecular complexity index is 457. The van der Waals surface area contributed by atoms with Crippen molar-refractivity contribution in [3.8, 4) is 5.75 Å². The molecule has 0 spiro atoms. The molecule has 1 saturated carbocycles. The number of amides is 1. The molecule has 0 radical (unpaired) electrons. The van der Waals surface area contributed by atoms with Crippen molar-refractivity contribution in [2.24, 2.45) is 11.7 Å². The van der Waals surface area contributed by atoms with E-state index < -0.39 is 5.54 Å². The van der Waals surface area contributed by atoms with Crippen LogP contribution in [0, 0.1) is 5.92 Å². The largest absolute Gasteiger partial charge is 0.497 e. The quantitative estimate of drug-likeness (QED) is 0.879. The molecule has 0 aliphatic heterocycles. The molecule has 0 heterocycles. The van der Waals surface area contributed by atoms with Crippen molar-refractivity contribution in [1.82, 2.24) is 0 Å². The summed E-state index contributed by atoms with van der Waals surface area (Å²) in [6, 6.07) is 7.38. The second-order valence-corrected chi connectivity index (χ2v) is 5.53. The minimum absolute atomic E-state index is 0.0120. The van der Waals surface area contributed by atoms with Gasteiger partial charge in [0.1, 0.15) is 5.75 Å². The van der Waals surface area contributed by atoms with Gasteiger partial charge in [-0.15, -0.1) is 0 Å². The Morgan fingerprint density at radius 3 is 2.95 bits per heavy atom. The van der Waals surface area contributed by atoms with Crippen molar-refractivity contribution < 1.29 is 9.53 Å². The van der Waals surface area contributed by atoms with Gasteiger partial charge in [0.25, 0.3) is 0 Å². The van der Waals surface area contributed by atoms with E-state index in [0.717, 1.165) is 37.1 Å². The number of hydrogen-bond acceptors (Lipinski definition) is 3. The van der Waals surface area contributed by atoms with E-state index in [0.29, 0.717) is 0 Å². The highest BCUT2D eigenvalue weighted by Crippen LogP contribution is 2.32. The van der Waals surface area contributed by atoms with Gasteiger partial charge >= 0.3 is 0 Å². The molecule has 4 heteroatoms. The first-order valence-corrected chi connectivity index (χ1v) is 6.77. The fourth-order valence-electron chi connectivity index (χ4n) is 2.72. The lowest BCUT2D eigenvalue weighted by molar-refractivity contribution is -0.122. The van der Waals surface area contributed by atoms with E-state index in [1.165, 1.54) is 0 Å². The zero-order valence-corrected chi connectivity index (χ0v) is 11.6. The SMILES string of the molecule is COc1cccc(NC(=O)C2CCCCC2(C)N)c1. The van der Waals surface area contributed by atoms with Crippen LogP contribution < -0.4 is 15.8 Å². The third-order valence-electron chi connectivity index (χ3n) is 3.91. The van der Waals surface area contributed by atoms with Crippen LogP contribution in [0.2, 0.25) is 0 Å². The van der Waals surface area contributed by atoms with Crippen molar-refractivity contribution in [2.45, 2.75) is 38.1 Å². The molecule has 19 heavy (non-hydrogen) atoms. The van der Waals surface area contributed by atoms with Crippen LogP contribution in [0.1, 0.15) is 32.6 Å². The van der Waals surface area contributed by atoms with Gasteiger partial charge in [-0.1, -0.05) is 18.9 Å². The minimum atomic E-state index is -0.402. The Kier molecular flexibility index (Phi) is 4.10. The number of ether oxygens (including phenoxy) is 1. The Labute approximate surface area is 114 Å². The van der Waals surface area contributed by atoms with Gasteiger partial charge in [-0.3, -0.25) is 4.79 Å². The number of benzene rings is 1. The van der Waals surface area contributed by atoms with Crippen molar-refractivity contribution in [2.75, 3.05) is 12.4 Å². The Morgan fingerprint density at radius 1 is 1.47 bits per heavy atom. The molecule has 4 nitrogen and oxygen atoms in total. The lowest BCUT2D eigenvalue weighted by atomic mass is 9.74. The summed E-state index contributed by atoms with van der Waals surface area (Å²) in [4.78, 5) is 12.4. The highest BCUT2D eigenvalue weighted by Gasteiger charge is 2.37. The Morgan fingerprint density at radius 2 is 2.26 bits per heavy atom. The van der Waals surface area contributed by atoms with Crippen molar-refractivity contribution in [1.29, 1.82) is 0 Å². The number of nitrogens with one attached hydrogen (secondary N) is 1. The van der Waals surface area contributed by atoms with E-state index in [9.17, 15) is 4.79 Å². The summed E-state index contributed by atoms with van der Waals surface area (Å²) in [7, 11) is 1.61. The monoisotopic (exact) mass is 262 g/mol. The number of methoxy groups -OCH3 is 1. The van der Waals surface area contributed by atoms with Gasteiger partial charge in [-0.2, -0.15) is 0 Å². The lowest BCUT2D eigenvalue weighted by Crippen LogP contribution is -2.51. The summed E-state index contributed by atoms with van der Waals surface area (Å²) in [6.45, 7) is 1.97. The van der Waals surface area contributed by atoms with Crippen LogP contribution in [0.3, 0.4) is 0 Å². The van der Waals surface area contributed by atoms with Gasteiger partial charge < -0.3 is 15.8 Å². The maximum absolute atomic E-state index is 12.4. The molecule has 1 amide bonds. The molecule has 2 rings (SSSR count). The first kappa shape index (κ1) is 13.9. The molecular formula is C15H22N2O2. The first-order chi connectivity index (χ1) is 9.03. The molecule has 2 unspecified atom stereocenters. The third kappa shape index (κ3) is 3.26. The standard InChI is InChI=1S/C15H22N2O2/c1-15(16)9-4-3-8-13(15)14(18)17-11-6-5-7-12(10-11)19-2/h5-7,10,13H,3-4,8-9,16H2,1-2H3,(H,17,18). The third-order valence-corrected chi connectivity index (χ3v) is 3.91. The highest BCUT2D eigenvalue weighted by atomic mass is 16.5. The Hall–Kier alpha value is -1.55. The lowest BCUT2D eigenvalue weighted by Gasteiger charge is -2.37. The van der Waals surface area contributed by atoms with Crippen LogP contribution in [0.25, 0.3) is 0 Å². The smallest absolute Gasteiger partial charge is 0.229 e. The predicted molar refractivity (Wildman–Crippen MR) is 76.2 cm³/mol. The van der Waals surface area contributed by atoms with Crippen LogP contribution >= 0.6 is 0 Å². The molecule has 1 aromatic rings. The van der Waals surface area contributed by atoms with Crippen LogP contribution in [0.4, 0.5) is 5.69 Å². The number of nitrogens with two attached hydrogens (primary N) is 1. The average Bonchev–Trinajstić information content (AvgIpc) is 2.38. The Balaban J connectivity index is 2.07. The summed E-state index contributed by atoms with van der Waals surface area (Å²) in [5.41, 5.74) is 6.60. The molecule has 0 aromatic heterocycles. The summed E-state index contributed by atoms with van der Waals surface area (Å²) in [6.07, 6.45) is 3.95. The first-order valence-electron chi connectivity index (χ1n) is 6.77. The predicted octanol–water partition coefficient (Wildman–Crippen LogP) is 2.54. The van der Waals surface area contributed by atoms with E-state index in [-0.39, 0.29) is 11.8 Å². The summed E-state index contributed by atoms with van der Waals surface area (Å²) >= 11 is 0. The summed E-state index contributed by atoms with van der Waals surface area (Å²) in [5.74, 6) is 0.627. The zero-order chi connectivity index (χ0) is 13.9. The van der Waals surface area contributed by atoms with E-state index in [1.54, 1.807) is 7.11 Å². The van der Waals surface area contributed by atoms with Crippen molar-refractivity contribution in [3.05, 3.63) is 24.3 Å². The topological polar surface area (TPSA) is 64.3 Å². The summed E-state index contributed by atoms with van der Waals surface area (Å²) in [5, 5.41) is 2.94. The molecule has 1 aliphatic carbocycles. The van der Waals surface area contributed by atoms with E-state index >= 15 is 0 Å². The number of anilines is 1. The molecule has 2 atom stereocenters. The molecule has 1 aliphatic rings. The molecule has 104 valence electrons. The van der Waals surface area contributed by atoms with Gasteiger partial charge in [0.2, 0.25) is 5.91 Å². The van der Waals surface area contributed by atoms with Gasteiger partial charge in [0.05, 0.1) is 13.0 Å². The van der Waals surface area contributed by atoms with Gasteiger partial charge in [0.15, 0.2) is 0 Å². The van der Waals surface area contributed by atoms with Gasteiger partial charge in [0, 0.05) is 17.3 Å². The van der Waals surface area contributed by atoms with E-state index in [4.69, 9.17) is 10.5 Å². The maximum Gasteiger partial charge on any atom is 0.229 e. The van der Waals surface area contributed by atoms with Crippen molar-refractivity contribution >= 4 is 11.6 Å². The normalized spacial score (nSPS) is 26.8. The molecule has 1 aromatic carbocycles. The average molecular weight is 262 g/mol. The van der Waals surface area contributed by atoms with E-state index in [2.05, 4.69) is 5.32 Å². The molecule has 1 fully saturated rings. The molecule has 3 N–H and O–H groups in total. The minimum Gasteiger partial charge on any atom is -0.497 e. The fourth-order valence-corrected chi connectivity index (χ4v) is 2.72.